The molecule has 0 aliphatic rings. The zero-order chi connectivity index (χ0) is 13.7. The number of carbonyl (C=O) groups excluding carboxylic acids is 1. The summed E-state index contributed by atoms with van der Waals surface area (Å²) in [6.07, 6.45) is 4.42. The number of hydrogen-bond donors (Lipinski definition) is 0. The largest absolute Gasteiger partial charge is 0.493 e. The van der Waals surface area contributed by atoms with E-state index in [1.54, 1.807) is 19.2 Å². The van der Waals surface area contributed by atoms with Gasteiger partial charge in [0, 0.05) is 24.4 Å². The van der Waals surface area contributed by atoms with Crippen LogP contribution in [0.25, 0.3) is 0 Å². The second-order valence-electron chi connectivity index (χ2n) is 4.50. The molecule has 2 aromatic rings. The second kappa shape index (κ2) is 6.14. The molecule has 1 aromatic heterocycles. The monoisotopic (exact) mass is 255 g/mol. The number of pyridine rings is 1. The molecule has 0 unspecified atom stereocenters. The first-order valence-corrected chi connectivity index (χ1v) is 6.30. The quantitative estimate of drug-likeness (QED) is 0.770. The van der Waals surface area contributed by atoms with E-state index >= 15 is 0 Å². The van der Waals surface area contributed by atoms with Crippen LogP contribution in [-0.4, -0.2) is 17.4 Å². The zero-order valence-corrected chi connectivity index (χ0v) is 11.2. The molecule has 0 fully saturated rings. The fourth-order valence-electron chi connectivity index (χ4n) is 1.86. The molecular weight excluding hydrogens is 238 g/mol. The third-order valence-electron chi connectivity index (χ3n) is 2.95. The summed E-state index contributed by atoms with van der Waals surface area (Å²) in [4.78, 5) is 15.3. The van der Waals surface area contributed by atoms with Crippen molar-refractivity contribution in [3.63, 3.8) is 0 Å². The van der Waals surface area contributed by atoms with Crippen LogP contribution in [0.4, 0.5) is 0 Å². The number of carbonyl (C=O) groups is 1. The minimum Gasteiger partial charge on any atom is -0.493 e. The van der Waals surface area contributed by atoms with Crippen LogP contribution in [-0.2, 0) is 6.42 Å². The van der Waals surface area contributed by atoms with Crippen LogP contribution < -0.4 is 4.74 Å². The van der Waals surface area contributed by atoms with Gasteiger partial charge in [0.15, 0.2) is 5.78 Å². The van der Waals surface area contributed by atoms with Crippen molar-refractivity contribution in [1.29, 1.82) is 0 Å². The highest BCUT2D eigenvalue weighted by Crippen LogP contribution is 2.19. The maximum atomic E-state index is 11.3. The standard InChI is InChI=1S/C16H17NO2/c1-12-10-15(13(2)18)5-6-16(12)19-9-7-14-4-3-8-17-11-14/h3-6,8,10-11H,7,9H2,1-2H3. The SMILES string of the molecule is CC(=O)c1ccc(OCCc2cccnc2)c(C)c1. The summed E-state index contributed by atoms with van der Waals surface area (Å²) in [5.41, 5.74) is 2.86. The summed E-state index contributed by atoms with van der Waals surface area (Å²) >= 11 is 0. The third kappa shape index (κ3) is 3.65. The summed E-state index contributed by atoms with van der Waals surface area (Å²) in [6, 6.07) is 9.47. The summed E-state index contributed by atoms with van der Waals surface area (Å²) in [6.45, 7) is 4.12. The minimum atomic E-state index is 0.0741. The summed E-state index contributed by atoms with van der Waals surface area (Å²) in [5, 5.41) is 0. The van der Waals surface area contributed by atoms with E-state index < -0.39 is 0 Å². The molecule has 0 saturated heterocycles. The number of nitrogens with zero attached hydrogens (tertiary/aromatic N) is 1. The van der Waals surface area contributed by atoms with E-state index in [4.69, 9.17) is 4.74 Å². The maximum absolute atomic E-state index is 11.3. The molecule has 1 aromatic carbocycles. The van der Waals surface area contributed by atoms with Gasteiger partial charge in [-0.05, 0) is 49.2 Å². The highest BCUT2D eigenvalue weighted by atomic mass is 16.5. The first kappa shape index (κ1) is 13.3. The Morgan fingerprint density at radius 1 is 1.32 bits per heavy atom. The van der Waals surface area contributed by atoms with Gasteiger partial charge < -0.3 is 4.74 Å². The van der Waals surface area contributed by atoms with Gasteiger partial charge in [0.05, 0.1) is 6.61 Å². The van der Waals surface area contributed by atoms with E-state index in [0.717, 1.165) is 28.9 Å². The van der Waals surface area contributed by atoms with Crippen molar-refractivity contribution in [3.8, 4) is 5.75 Å². The lowest BCUT2D eigenvalue weighted by molar-refractivity contribution is 0.101. The number of rotatable bonds is 5. The number of Topliss-reactive ketones (excluding diaryl/α,β-unsaturated/α-hetero) is 1. The van der Waals surface area contributed by atoms with E-state index in [1.165, 1.54) is 0 Å². The lowest BCUT2D eigenvalue weighted by Crippen LogP contribution is -2.03. The number of hydrogen-bond acceptors (Lipinski definition) is 3. The molecule has 0 radical (unpaired) electrons. The number of aryl methyl sites for hydroxylation is 1. The van der Waals surface area contributed by atoms with E-state index in [-0.39, 0.29) is 5.78 Å². The number of ether oxygens (including phenoxy) is 1. The van der Waals surface area contributed by atoms with Crippen LogP contribution in [0.2, 0.25) is 0 Å². The topological polar surface area (TPSA) is 39.2 Å². The number of aromatic nitrogens is 1. The van der Waals surface area contributed by atoms with Crippen molar-refractivity contribution in [2.45, 2.75) is 20.3 Å². The lowest BCUT2D eigenvalue weighted by Gasteiger charge is -2.09. The number of benzene rings is 1. The number of ketones is 1. The smallest absolute Gasteiger partial charge is 0.159 e. The fourth-order valence-corrected chi connectivity index (χ4v) is 1.86. The molecule has 98 valence electrons. The highest BCUT2D eigenvalue weighted by molar-refractivity contribution is 5.94. The maximum Gasteiger partial charge on any atom is 0.159 e. The molecular formula is C16H17NO2. The Bertz CT molecular complexity index is 564. The van der Waals surface area contributed by atoms with Crippen LogP contribution >= 0.6 is 0 Å². The van der Waals surface area contributed by atoms with Crippen molar-refractivity contribution < 1.29 is 9.53 Å². The minimum absolute atomic E-state index is 0.0741. The first-order valence-electron chi connectivity index (χ1n) is 6.30. The van der Waals surface area contributed by atoms with Gasteiger partial charge >= 0.3 is 0 Å². The average Bonchev–Trinajstić information content (AvgIpc) is 2.41. The van der Waals surface area contributed by atoms with E-state index in [9.17, 15) is 4.79 Å². The van der Waals surface area contributed by atoms with E-state index in [1.807, 2.05) is 37.4 Å². The van der Waals surface area contributed by atoms with Gasteiger partial charge in [0.1, 0.15) is 5.75 Å². The molecule has 3 heteroatoms. The molecule has 0 amide bonds. The molecule has 0 spiro atoms. The molecule has 1 heterocycles. The Morgan fingerprint density at radius 3 is 2.79 bits per heavy atom. The first-order chi connectivity index (χ1) is 9.16. The molecule has 0 bridgehead atoms. The zero-order valence-electron chi connectivity index (χ0n) is 11.2. The Balaban J connectivity index is 1.95. The third-order valence-corrected chi connectivity index (χ3v) is 2.95. The van der Waals surface area contributed by atoms with Gasteiger partial charge in [0.25, 0.3) is 0 Å². The van der Waals surface area contributed by atoms with Gasteiger partial charge in [-0.2, -0.15) is 0 Å². The van der Waals surface area contributed by atoms with Gasteiger partial charge in [0.2, 0.25) is 0 Å². The predicted octanol–water partition coefficient (Wildman–Crippen LogP) is 3.21. The van der Waals surface area contributed by atoms with Crippen LogP contribution in [0.5, 0.6) is 5.75 Å². The average molecular weight is 255 g/mol. The van der Waals surface area contributed by atoms with E-state index in [2.05, 4.69) is 4.98 Å². The van der Waals surface area contributed by atoms with E-state index in [0.29, 0.717) is 6.61 Å². The second-order valence-corrected chi connectivity index (χ2v) is 4.50. The van der Waals surface area contributed by atoms with Crippen molar-refractivity contribution in [1.82, 2.24) is 4.98 Å². The Morgan fingerprint density at radius 2 is 2.16 bits per heavy atom. The molecule has 0 atom stereocenters. The van der Waals surface area contributed by atoms with Crippen LogP contribution in [0, 0.1) is 6.92 Å². The summed E-state index contributed by atoms with van der Waals surface area (Å²) in [7, 11) is 0. The molecule has 2 rings (SSSR count). The summed E-state index contributed by atoms with van der Waals surface area (Å²) in [5.74, 6) is 0.902. The van der Waals surface area contributed by atoms with Gasteiger partial charge in [-0.3, -0.25) is 9.78 Å². The molecule has 0 saturated carbocycles. The lowest BCUT2D eigenvalue weighted by atomic mass is 10.1. The van der Waals surface area contributed by atoms with Crippen LogP contribution in [0.15, 0.2) is 42.7 Å². The Labute approximate surface area is 113 Å². The normalized spacial score (nSPS) is 10.2. The molecule has 19 heavy (non-hydrogen) atoms. The molecule has 0 aliphatic carbocycles. The van der Waals surface area contributed by atoms with Crippen molar-refractivity contribution in [3.05, 3.63) is 59.4 Å². The van der Waals surface area contributed by atoms with Crippen molar-refractivity contribution in [2.24, 2.45) is 0 Å². The Hall–Kier alpha value is -2.16. The van der Waals surface area contributed by atoms with Crippen LogP contribution in [0.3, 0.4) is 0 Å². The van der Waals surface area contributed by atoms with Crippen molar-refractivity contribution >= 4 is 5.78 Å². The molecule has 3 nitrogen and oxygen atoms in total. The van der Waals surface area contributed by atoms with Crippen molar-refractivity contribution in [2.75, 3.05) is 6.61 Å². The predicted molar refractivity (Wildman–Crippen MR) is 74.6 cm³/mol. The molecule has 0 N–H and O–H groups in total. The van der Waals surface area contributed by atoms with Crippen LogP contribution in [0.1, 0.15) is 28.4 Å². The highest BCUT2D eigenvalue weighted by Gasteiger charge is 2.04. The van der Waals surface area contributed by atoms with Gasteiger partial charge in [-0.25, -0.2) is 0 Å². The van der Waals surface area contributed by atoms with Gasteiger partial charge in [-0.1, -0.05) is 6.07 Å². The van der Waals surface area contributed by atoms with Gasteiger partial charge in [-0.15, -0.1) is 0 Å². The fraction of sp³-hybridized carbons (Fsp3) is 0.250. The molecule has 0 aliphatic heterocycles. The Kier molecular flexibility index (Phi) is 4.29. The summed E-state index contributed by atoms with van der Waals surface area (Å²) < 4.78 is 5.74.